The summed E-state index contributed by atoms with van der Waals surface area (Å²) in [7, 11) is 1.57. The molecular weight excluding hydrogens is 490 g/mol. The third kappa shape index (κ3) is 5.03. The lowest BCUT2D eigenvalue weighted by Crippen LogP contribution is -2.47. The molecule has 3 N–H and O–H groups in total. The molecular formula is C29H34ClN3O4. The van der Waals surface area contributed by atoms with Gasteiger partial charge in [-0.1, -0.05) is 79.6 Å². The maximum absolute atomic E-state index is 14.2. The minimum absolute atomic E-state index is 0.117. The van der Waals surface area contributed by atoms with Crippen molar-refractivity contribution in [2.75, 3.05) is 19.0 Å². The van der Waals surface area contributed by atoms with Crippen LogP contribution in [0.1, 0.15) is 36.9 Å². The number of carbonyl (C=O) groups is 3. The van der Waals surface area contributed by atoms with E-state index in [0.29, 0.717) is 16.3 Å². The number of nitrogens with one attached hydrogen (secondary N) is 2. The van der Waals surface area contributed by atoms with Crippen LogP contribution >= 0.6 is 11.6 Å². The molecule has 1 aliphatic heterocycles. The summed E-state index contributed by atoms with van der Waals surface area (Å²) in [6, 6.07) is 12.8. The Morgan fingerprint density at radius 1 is 1.08 bits per heavy atom. The highest BCUT2D eigenvalue weighted by molar-refractivity contribution is 6.34. The molecule has 1 aliphatic carbocycles. The fourth-order valence-electron chi connectivity index (χ4n) is 5.93. The van der Waals surface area contributed by atoms with E-state index in [-0.39, 0.29) is 24.3 Å². The van der Waals surface area contributed by atoms with E-state index in [4.69, 9.17) is 11.6 Å². The number of aryl methyl sites for hydroxylation is 1. The highest BCUT2D eigenvalue weighted by atomic mass is 35.5. The van der Waals surface area contributed by atoms with Gasteiger partial charge in [0.2, 0.25) is 17.7 Å². The Morgan fingerprint density at radius 3 is 2.43 bits per heavy atom. The van der Waals surface area contributed by atoms with E-state index < -0.39 is 35.7 Å². The Hall–Kier alpha value is -3.16. The minimum Gasteiger partial charge on any atom is -0.394 e. The fourth-order valence-corrected chi connectivity index (χ4v) is 6.20. The molecule has 196 valence electrons. The van der Waals surface area contributed by atoms with Crippen molar-refractivity contribution >= 4 is 35.0 Å². The van der Waals surface area contributed by atoms with Crippen molar-refractivity contribution in [2.45, 2.75) is 38.8 Å². The monoisotopic (exact) mass is 523 g/mol. The normalized spacial score (nSPS) is 25.5. The van der Waals surface area contributed by atoms with Gasteiger partial charge in [0.05, 0.1) is 35.2 Å². The van der Waals surface area contributed by atoms with Crippen molar-refractivity contribution in [1.82, 2.24) is 10.2 Å². The highest BCUT2D eigenvalue weighted by Crippen LogP contribution is 2.48. The number of anilines is 1. The van der Waals surface area contributed by atoms with Gasteiger partial charge in [0, 0.05) is 13.0 Å². The zero-order valence-corrected chi connectivity index (χ0v) is 22.1. The number of rotatable bonds is 8. The number of likely N-dealkylation sites (tertiary alicyclic amines) is 1. The highest BCUT2D eigenvalue weighted by Gasteiger charge is 2.58. The van der Waals surface area contributed by atoms with Crippen LogP contribution in [0.3, 0.4) is 0 Å². The lowest BCUT2D eigenvalue weighted by Gasteiger charge is -2.34. The summed E-state index contributed by atoms with van der Waals surface area (Å²) in [5.74, 6) is -2.90. The summed E-state index contributed by atoms with van der Waals surface area (Å²) in [5, 5.41) is 16.6. The molecule has 0 unspecified atom stereocenters. The van der Waals surface area contributed by atoms with E-state index in [1.807, 2.05) is 62.4 Å². The molecule has 2 aromatic rings. The summed E-state index contributed by atoms with van der Waals surface area (Å²) in [6.07, 6.45) is 5.52. The van der Waals surface area contributed by atoms with Gasteiger partial charge < -0.3 is 20.6 Å². The Bertz CT molecular complexity index is 1160. The summed E-state index contributed by atoms with van der Waals surface area (Å²) in [6.45, 7) is 3.53. The van der Waals surface area contributed by atoms with Gasteiger partial charge in [-0.15, -0.1) is 0 Å². The number of hydrogen-bond donors (Lipinski definition) is 3. The Balaban J connectivity index is 1.82. The number of carbonyl (C=O) groups excluding carboxylic acids is 3. The topological polar surface area (TPSA) is 98.7 Å². The van der Waals surface area contributed by atoms with Gasteiger partial charge >= 0.3 is 0 Å². The van der Waals surface area contributed by atoms with Crippen LogP contribution < -0.4 is 10.6 Å². The number of aliphatic hydroxyl groups is 1. The number of benzene rings is 2. The summed E-state index contributed by atoms with van der Waals surface area (Å²) >= 11 is 6.40. The minimum atomic E-state index is -0.934. The van der Waals surface area contributed by atoms with Gasteiger partial charge in [-0.05, 0) is 36.5 Å². The van der Waals surface area contributed by atoms with Gasteiger partial charge in [-0.3, -0.25) is 14.4 Å². The van der Waals surface area contributed by atoms with Crippen molar-refractivity contribution in [2.24, 2.45) is 23.7 Å². The smallest absolute Gasteiger partial charge is 0.247 e. The van der Waals surface area contributed by atoms with Crippen LogP contribution in [-0.2, 0) is 14.4 Å². The molecule has 1 fully saturated rings. The third-order valence-electron chi connectivity index (χ3n) is 7.65. The molecule has 2 aromatic carbocycles. The molecule has 2 aliphatic rings. The molecule has 0 saturated carbocycles. The zero-order valence-electron chi connectivity index (χ0n) is 21.4. The quantitative estimate of drug-likeness (QED) is 0.453. The van der Waals surface area contributed by atoms with Crippen LogP contribution in [0, 0.1) is 30.6 Å². The first-order valence-electron chi connectivity index (χ1n) is 12.8. The molecule has 1 saturated heterocycles. The van der Waals surface area contributed by atoms with Crippen molar-refractivity contribution in [3.63, 3.8) is 0 Å². The first-order valence-corrected chi connectivity index (χ1v) is 13.2. The summed E-state index contributed by atoms with van der Waals surface area (Å²) in [5.41, 5.74) is 1.99. The molecule has 0 radical (unpaired) electrons. The number of allylic oxidation sites excluding steroid dienone is 1. The van der Waals surface area contributed by atoms with Crippen LogP contribution in [0.15, 0.2) is 60.7 Å². The van der Waals surface area contributed by atoms with E-state index in [2.05, 4.69) is 10.6 Å². The molecule has 0 spiro atoms. The average molecular weight is 524 g/mol. The molecule has 8 heteroatoms. The summed E-state index contributed by atoms with van der Waals surface area (Å²) in [4.78, 5) is 42.8. The predicted molar refractivity (Wildman–Crippen MR) is 144 cm³/mol. The lowest BCUT2D eigenvalue weighted by molar-refractivity contribution is -0.143. The lowest BCUT2D eigenvalue weighted by atomic mass is 9.68. The van der Waals surface area contributed by atoms with Gasteiger partial charge in [-0.25, -0.2) is 0 Å². The van der Waals surface area contributed by atoms with Crippen molar-refractivity contribution in [3.8, 4) is 0 Å². The standard InChI is InChI=1S/C29H34ClN3O4/c1-4-9-19-14-15-20-24(23(19)27(35)31-3)29(37)33(22(16-34)18-11-6-5-7-12-18)26(20)28(36)32-25-17(2)10-8-13-21(25)30/h5-8,10-15,19-20,22-24,26,34H,4,9,16H2,1-3H3,(H,31,35)(H,32,36)/t19-,20+,22-,23-,24-,26+/m1/s1. The number of hydrogen-bond acceptors (Lipinski definition) is 4. The fraction of sp³-hybridized carbons (Fsp3) is 0.414. The van der Waals surface area contributed by atoms with E-state index in [9.17, 15) is 19.5 Å². The Kier molecular flexibility index (Phi) is 8.35. The number of amides is 3. The second-order valence-corrected chi connectivity index (χ2v) is 10.2. The average Bonchev–Trinajstić information content (AvgIpc) is 3.19. The van der Waals surface area contributed by atoms with Crippen molar-refractivity contribution in [3.05, 3.63) is 76.8 Å². The van der Waals surface area contributed by atoms with E-state index in [1.165, 1.54) is 4.90 Å². The van der Waals surface area contributed by atoms with Crippen molar-refractivity contribution in [1.29, 1.82) is 0 Å². The molecule has 7 nitrogen and oxygen atoms in total. The van der Waals surface area contributed by atoms with Crippen LogP contribution in [0.4, 0.5) is 5.69 Å². The first-order chi connectivity index (χ1) is 17.8. The van der Waals surface area contributed by atoms with E-state index in [0.717, 1.165) is 18.4 Å². The van der Waals surface area contributed by atoms with Gasteiger partial charge in [0.25, 0.3) is 0 Å². The Morgan fingerprint density at radius 2 is 1.81 bits per heavy atom. The molecule has 1 heterocycles. The number of halogens is 1. The number of aliphatic hydroxyl groups excluding tert-OH is 1. The van der Waals surface area contributed by atoms with Gasteiger partial charge in [-0.2, -0.15) is 0 Å². The van der Waals surface area contributed by atoms with Gasteiger partial charge in [0.1, 0.15) is 6.04 Å². The zero-order chi connectivity index (χ0) is 26.7. The molecule has 37 heavy (non-hydrogen) atoms. The maximum Gasteiger partial charge on any atom is 0.247 e. The Labute approximate surface area is 222 Å². The van der Waals surface area contributed by atoms with E-state index >= 15 is 0 Å². The molecule has 4 rings (SSSR count). The summed E-state index contributed by atoms with van der Waals surface area (Å²) < 4.78 is 0. The number of para-hydroxylation sites is 1. The van der Waals surface area contributed by atoms with Crippen LogP contribution in [0.25, 0.3) is 0 Å². The SMILES string of the molecule is CCC[C@@H]1C=C[C@H]2[C@@H](C(=O)N([C@H](CO)c3ccccc3)[C@@H]2C(=O)Nc2c(C)cccc2Cl)[C@@H]1C(=O)NC. The molecule has 0 aromatic heterocycles. The largest absolute Gasteiger partial charge is 0.394 e. The maximum atomic E-state index is 14.2. The molecule has 0 bridgehead atoms. The molecule has 6 atom stereocenters. The number of fused-ring (bicyclic) bond motifs is 1. The molecule has 3 amide bonds. The second kappa shape index (κ2) is 11.5. The van der Waals surface area contributed by atoms with Crippen molar-refractivity contribution < 1.29 is 19.5 Å². The van der Waals surface area contributed by atoms with Crippen LogP contribution in [0.5, 0.6) is 0 Å². The number of nitrogens with zero attached hydrogens (tertiary/aromatic N) is 1. The third-order valence-corrected chi connectivity index (χ3v) is 7.97. The van der Waals surface area contributed by atoms with Crippen LogP contribution in [0.2, 0.25) is 5.02 Å². The van der Waals surface area contributed by atoms with Gasteiger partial charge in [0.15, 0.2) is 0 Å². The van der Waals surface area contributed by atoms with Crippen LogP contribution in [-0.4, -0.2) is 47.4 Å². The predicted octanol–water partition coefficient (Wildman–Crippen LogP) is 4.11. The second-order valence-electron chi connectivity index (χ2n) is 9.80. The van der Waals surface area contributed by atoms with E-state index in [1.54, 1.807) is 19.2 Å². The first kappa shape index (κ1) is 26.9.